The predicted molar refractivity (Wildman–Crippen MR) is 107 cm³/mol. The van der Waals surface area contributed by atoms with Crippen LogP contribution in [0.4, 0.5) is 5.69 Å². The number of nitrogens with one attached hydrogen (secondary N) is 1. The van der Waals surface area contributed by atoms with Gasteiger partial charge in [-0.25, -0.2) is 4.98 Å². The van der Waals surface area contributed by atoms with Gasteiger partial charge in [0.05, 0.1) is 13.3 Å². The summed E-state index contributed by atoms with van der Waals surface area (Å²) in [7, 11) is 1.61. The van der Waals surface area contributed by atoms with E-state index in [-0.39, 0.29) is 5.69 Å². The van der Waals surface area contributed by atoms with E-state index in [4.69, 9.17) is 4.74 Å². The van der Waals surface area contributed by atoms with Crippen molar-refractivity contribution in [1.82, 2.24) is 9.55 Å². The van der Waals surface area contributed by atoms with Crippen LogP contribution in [0, 0.1) is 6.92 Å². The number of aryl methyl sites for hydroxylation is 1. The number of carboxylic acid groups (broad SMARTS) is 1. The minimum Gasteiger partial charge on any atom is -0.497 e. The summed E-state index contributed by atoms with van der Waals surface area (Å²) in [6.45, 7) is 1.90. The van der Waals surface area contributed by atoms with Gasteiger partial charge in [0.15, 0.2) is 0 Å². The number of carboxylic acids is 1. The molecule has 0 spiro atoms. The third-order valence-corrected chi connectivity index (χ3v) is 4.39. The molecule has 1 aromatic heterocycles. The molecule has 7 nitrogen and oxygen atoms in total. The second-order valence-corrected chi connectivity index (χ2v) is 6.29. The van der Waals surface area contributed by atoms with Crippen LogP contribution in [0.25, 0.3) is 11.4 Å². The van der Waals surface area contributed by atoms with Gasteiger partial charge in [0.1, 0.15) is 23.8 Å². The first kappa shape index (κ1) is 19.2. The molecule has 0 radical (unpaired) electrons. The van der Waals surface area contributed by atoms with Crippen molar-refractivity contribution in [2.75, 3.05) is 12.4 Å². The van der Waals surface area contributed by atoms with Crippen LogP contribution >= 0.6 is 0 Å². The van der Waals surface area contributed by atoms with E-state index in [2.05, 4.69) is 10.3 Å². The first-order valence-electron chi connectivity index (χ1n) is 8.74. The van der Waals surface area contributed by atoms with E-state index < -0.39 is 18.1 Å². The summed E-state index contributed by atoms with van der Waals surface area (Å²) >= 11 is 0. The van der Waals surface area contributed by atoms with Crippen molar-refractivity contribution in [2.24, 2.45) is 0 Å². The zero-order valence-corrected chi connectivity index (χ0v) is 15.7. The summed E-state index contributed by atoms with van der Waals surface area (Å²) in [4.78, 5) is 28.5. The lowest BCUT2D eigenvalue weighted by Crippen LogP contribution is -2.29. The van der Waals surface area contributed by atoms with Gasteiger partial charge < -0.3 is 15.2 Å². The number of hydrogen-bond donors (Lipinski definition) is 2. The Kier molecular flexibility index (Phi) is 5.74. The van der Waals surface area contributed by atoms with Crippen LogP contribution in [0.2, 0.25) is 0 Å². The van der Waals surface area contributed by atoms with E-state index in [1.165, 1.54) is 10.8 Å². The Morgan fingerprint density at radius 1 is 1.21 bits per heavy atom. The number of aromatic nitrogens is 2. The molecule has 0 atom stereocenters. The summed E-state index contributed by atoms with van der Waals surface area (Å²) in [5.74, 6) is -0.0256. The summed E-state index contributed by atoms with van der Waals surface area (Å²) in [5, 5.41) is 12.3. The van der Waals surface area contributed by atoms with Crippen molar-refractivity contribution < 1.29 is 14.6 Å². The van der Waals surface area contributed by atoms with Crippen molar-refractivity contribution in [3.05, 3.63) is 76.2 Å². The molecule has 0 aliphatic heterocycles. The Balaban J connectivity index is 1.92. The second-order valence-electron chi connectivity index (χ2n) is 6.29. The van der Waals surface area contributed by atoms with Gasteiger partial charge in [0, 0.05) is 12.1 Å². The van der Waals surface area contributed by atoms with Crippen molar-refractivity contribution in [3.8, 4) is 17.1 Å². The van der Waals surface area contributed by atoms with Gasteiger partial charge >= 0.3 is 5.97 Å². The van der Waals surface area contributed by atoms with E-state index in [0.29, 0.717) is 17.9 Å². The molecule has 7 heteroatoms. The number of benzene rings is 2. The average molecular weight is 379 g/mol. The maximum atomic E-state index is 12.9. The van der Waals surface area contributed by atoms with Crippen molar-refractivity contribution in [2.45, 2.75) is 20.0 Å². The van der Waals surface area contributed by atoms with E-state index in [1.807, 2.05) is 43.3 Å². The van der Waals surface area contributed by atoms with E-state index >= 15 is 0 Å². The van der Waals surface area contributed by atoms with Crippen molar-refractivity contribution >= 4 is 11.7 Å². The van der Waals surface area contributed by atoms with Crippen molar-refractivity contribution in [1.29, 1.82) is 0 Å². The largest absolute Gasteiger partial charge is 0.497 e. The number of ether oxygens (including phenoxy) is 1. The molecular formula is C21H21N3O4. The number of methoxy groups -OCH3 is 1. The number of carbonyl (C=O) groups is 1. The number of hydrogen-bond acceptors (Lipinski definition) is 5. The van der Waals surface area contributed by atoms with Crippen LogP contribution in [0.3, 0.4) is 0 Å². The molecule has 3 aromatic rings. The molecule has 0 fully saturated rings. The Labute approximate surface area is 162 Å². The smallest absolute Gasteiger partial charge is 0.323 e. The standard InChI is InChI=1S/C21H21N3O4/c1-14-10-17(28-2)9-8-16(14)11-22-18-12-23-20(15-6-4-3-5-7-15)24(21(18)27)13-19(25)26/h3-10,12,22H,11,13H2,1-2H3,(H,25,26). The summed E-state index contributed by atoms with van der Waals surface area (Å²) in [6.07, 6.45) is 1.45. The lowest BCUT2D eigenvalue weighted by molar-refractivity contribution is -0.137. The fourth-order valence-corrected chi connectivity index (χ4v) is 2.90. The number of rotatable bonds is 7. The predicted octanol–water partition coefficient (Wildman–Crippen LogP) is 2.92. The highest BCUT2D eigenvalue weighted by Gasteiger charge is 2.14. The third kappa shape index (κ3) is 4.20. The monoisotopic (exact) mass is 379 g/mol. The van der Waals surface area contributed by atoms with Gasteiger partial charge in [-0.2, -0.15) is 0 Å². The lowest BCUT2D eigenvalue weighted by atomic mass is 10.1. The quantitative estimate of drug-likeness (QED) is 0.656. The van der Waals surface area contributed by atoms with Gasteiger partial charge in [-0.3, -0.25) is 14.2 Å². The Bertz CT molecular complexity index is 1050. The third-order valence-electron chi connectivity index (χ3n) is 4.39. The SMILES string of the molecule is COc1ccc(CNc2cnc(-c3ccccc3)n(CC(=O)O)c2=O)c(C)c1. The maximum Gasteiger partial charge on any atom is 0.323 e. The molecular weight excluding hydrogens is 358 g/mol. The van der Waals surface area contributed by atoms with Crippen LogP contribution in [-0.4, -0.2) is 27.7 Å². The second kappa shape index (κ2) is 8.39. The molecule has 1 heterocycles. The zero-order chi connectivity index (χ0) is 20.1. The van der Waals surface area contributed by atoms with Gasteiger partial charge in [0.25, 0.3) is 5.56 Å². The highest BCUT2D eigenvalue weighted by Crippen LogP contribution is 2.19. The highest BCUT2D eigenvalue weighted by molar-refractivity contribution is 5.68. The van der Waals surface area contributed by atoms with Crippen LogP contribution in [0.15, 0.2) is 59.5 Å². The molecule has 3 rings (SSSR count). The van der Waals surface area contributed by atoms with Gasteiger partial charge in [-0.15, -0.1) is 0 Å². The lowest BCUT2D eigenvalue weighted by Gasteiger charge is -2.14. The number of anilines is 1. The van der Waals surface area contributed by atoms with Gasteiger partial charge in [-0.1, -0.05) is 36.4 Å². The molecule has 0 saturated heterocycles. The van der Waals surface area contributed by atoms with Gasteiger partial charge in [0.2, 0.25) is 0 Å². The summed E-state index contributed by atoms with van der Waals surface area (Å²) in [5.41, 5.74) is 2.51. The van der Waals surface area contributed by atoms with E-state index in [9.17, 15) is 14.7 Å². The molecule has 2 N–H and O–H groups in total. The molecule has 2 aromatic carbocycles. The van der Waals surface area contributed by atoms with Gasteiger partial charge in [-0.05, 0) is 30.2 Å². The van der Waals surface area contributed by atoms with E-state index in [1.54, 1.807) is 19.2 Å². The normalized spacial score (nSPS) is 10.5. The fraction of sp³-hybridized carbons (Fsp3) is 0.190. The first-order valence-corrected chi connectivity index (χ1v) is 8.74. The molecule has 0 unspecified atom stereocenters. The zero-order valence-electron chi connectivity index (χ0n) is 15.7. The highest BCUT2D eigenvalue weighted by atomic mass is 16.5. The van der Waals surface area contributed by atoms with Crippen LogP contribution in [0.5, 0.6) is 5.75 Å². The molecule has 0 saturated carbocycles. The number of aliphatic carboxylic acids is 1. The molecule has 28 heavy (non-hydrogen) atoms. The minimum atomic E-state index is -1.11. The van der Waals surface area contributed by atoms with Crippen molar-refractivity contribution in [3.63, 3.8) is 0 Å². The molecule has 0 aliphatic carbocycles. The van der Waals surface area contributed by atoms with E-state index in [0.717, 1.165) is 16.9 Å². The summed E-state index contributed by atoms with van der Waals surface area (Å²) < 4.78 is 6.37. The van der Waals surface area contributed by atoms with Crippen LogP contribution in [0.1, 0.15) is 11.1 Å². The minimum absolute atomic E-state index is 0.246. The Morgan fingerprint density at radius 2 is 1.96 bits per heavy atom. The molecule has 0 amide bonds. The molecule has 0 bridgehead atoms. The topological polar surface area (TPSA) is 93.4 Å². The molecule has 144 valence electrons. The average Bonchev–Trinajstić information content (AvgIpc) is 2.69. The van der Waals surface area contributed by atoms with Crippen LogP contribution < -0.4 is 15.6 Å². The Morgan fingerprint density at radius 3 is 2.61 bits per heavy atom. The Hall–Kier alpha value is -3.61. The number of nitrogens with zero attached hydrogens (tertiary/aromatic N) is 2. The fourth-order valence-electron chi connectivity index (χ4n) is 2.90. The first-order chi connectivity index (χ1) is 13.5. The van der Waals surface area contributed by atoms with Crippen LogP contribution in [-0.2, 0) is 17.9 Å². The summed E-state index contributed by atoms with van der Waals surface area (Å²) in [6, 6.07) is 14.7. The molecule has 0 aliphatic rings. The maximum absolute atomic E-state index is 12.9.